The van der Waals surface area contributed by atoms with Gasteiger partial charge >= 0.3 is 5.97 Å². The third kappa shape index (κ3) is 3.57. The fraction of sp³-hybridized carbons (Fsp3) is 0.176. The van der Waals surface area contributed by atoms with Gasteiger partial charge in [-0.25, -0.2) is 0 Å². The van der Waals surface area contributed by atoms with Crippen molar-refractivity contribution in [2.24, 2.45) is 5.41 Å². The molecule has 0 fully saturated rings. The van der Waals surface area contributed by atoms with Gasteiger partial charge in [0.15, 0.2) is 0 Å². The Morgan fingerprint density at radius 1 is 0.703 bits per heavy atom. The summed E-state index contributed by atoms with van der Waals surface area (Å²) in [6, 6.07) is 33.5. The standard InChI is InChI=1S/C34H28O3/c1-3-37-33(36)34(22(2)35)20-28-29(21-34)31(25-15-8-5-9-16-25)32-26-17-11-10-12-23(26)18-19-27(32)30(28)24-13-6-4-7-14-24/h4-19H,3,20-21H2,1-2H3. The topological polar surface area (TPSA) is 43.4 Å². The third-order valence-corrected chi connectivity index (χ3v) is 7.84. The summed E-state index contributed by atoms with van der Waals surface area (Å²) in [7, 11) is 0. The maximum atomic E-state index is 13.4. The van der Waals surface area contributed by atoms with Gasteiger partial charge in [0.05, 0.1) is 6.61 Å². The van der Waals surface area contributed by atoms with Crippen LogP contribution in [-0.4, -0.2) is 18.4 Å². The Labute approximate surface area is 216 Å². The number of carbonyl (C=O) groups is 2. The molecule has 182 valence electrons. The first kappa shape index (κ1) is 23.2. The molecule has 0 aliphatic heterocycles. The first-order valence-electron chi connectivity index (χ1n) is 12.8. The molecule has 0 saturated carbocycles. The molecule has 3 nitrogen and oxygen atoms in total. The van der Waals surface area contributed by atoms with Gasteiger partial charge in [-0.15, -0.1) is 0 Å². The number of ether oxygens (including phenoxy) is 1. The molecule has 5 aromatic carbocycles. The zero-order valence-corrected chi connectivity index (χ0v) is 21.1. The number of rotatable bonds is 5. The van der Waals surface area contributed by atoms with Crippen LogP contribution in [0.5, 0.6) is 0 Å². The Morgan fingerprint density at radius 3 is 1.89 bits per heavy atom. The summed E-state index contributed by atoms with van der Waals surface area (Å²) in [5.41, 5.74) is 5.29. The highest BCUT2D eigenvalue weighted by Gasteiger charge is 2.51. The van der Waals surface area contributed by atoms with Crippen LogP contribution in [0, 0.1) is 5.41 Å². The summed E-state index contributed by atoms with van der Waals surface area (Å²) in [6.07, 6.45) is 0.670. The third-order valence-electron chi connectivity index (χ3n) is 7.84. The molecule has 0 N–H and O–H groups in total. The van der Waals surface area contributed by atoms with Crippen LogP contribution in [0.4, 0.5) is 0 Å². The van der Waals surface area contributed by atoms with Crippen molar-refractivity contribution < 1.29 is 14.3 Å². The van der Waals surface area contributed by atoms with E-state index in [0.29, 0.717) is 12.8 Å². The maximum Gasteiger partial charge on any atom is 0.320 e. The fourth-order valence-electron chi connectivity index (χ4n) is 6.08. The normalized spacial score (nSPS) is 16.6. The first-order valence-corrected chi connectivity index (χ1v) is 12.8. The minimum Gasteiger partial charge on any atom is -0.465 e. The van der Waals surface area contributed by atoms with Gasteiger partial charge < -0.3 is 4.74 Å². The molecule has 0 radical (unpaired) electrons. The zero-order chi connectivity index (χ0) is 25.6. The monoisotopic (exact) mass is 484 g/mol. The van der Waals surface area contributed by atoms with Crippen molar-refractivity contribution in [1.82, 2.24) is 0 Å². The lowest BCUT2D eigenvalue weighted by molar-refractivity contribution is -0.159. The molecule has 1 atom stereocenters. The van der Waals surface area contributed by atoms with E-state index in [1.807, 2.05) is 36.4 Å². The molecule has 3 heteroatoms. The predicted molar refractivity (Wildman–Crippen MR) is 149 cm³/mol. The average molecular weight is 485 g/mol. The number of esters is 1. The Bertz CT molecular complexity index is 1670. The average Bonchev–Trinajstić information content (AvgIpc) is 3.34. The summed E-state index contributed by atoms with van der Waals surface area (Å²) in [5.74, 6) is -0.570. The highest BCUT2D eigenvalue weighted by atomic mass is 16.5. The second-order valence-electron chi connectivity index (χ2n) is 9.86. The zero-order valence-electron chi connectivity index (χ0n) is 21.1. The molecule has 5 aromatic rings. The molecule has 0 bridgehead atoms. The second kappa shape index (κ2) is 9.01. The van der Waals surface area contributed by atoms with E-state index in [9.17, 15) is 9.59 Å². The van der Waals surface area contributed by atoms with Crippen molar-refractivity contribution in [2.75, 3.05) is 6.61 Å². The molecule has 0 aromatic heterocycles. The summed E-state index contributed by atoms with van der Waals surface area (Å²) in [5, 5.41) is 4.61. The van der Waals surface area contributed by atoms with Gasteiger partial charge in [-0.3, -0.25) is 9.59 Å². The summed E-state index contributed by atoms with van der Waals surface area (Å²) in [6.45, 7) is 3.56. The van der Waals surface area contributed by atoms with Gasteiger partial charge in [-0.05, 0) is 81.6 Å². The minimum atomic E-state index is -1.22. The van der Waals surface area contributed by atoms with Crippen LogP contribution in [-0.2, 0) is 27.2 Å². The number of carbonyl (C=O) groups excluding carboxylic acids is 2. The van der Waals surface area contributed by atoms with E-state index in [-0.39, 0.29) is 12.4 Å². The Hall–Kier alpha value is -4.24. The smallest absolute Gasteiger partial charge is 0.320 e. The van der Waals surface area contributed by atoms with E-state index in [4.69, 9.17) is 4.74 Å². The molecular formula is C34H28O3. The lowest BCUT2D eigenvalue weighted by Gasteiger charge is -2.23. The van der Waals surface area contributed by atoms with Gasteiger partial charge in [0.1, 0.15) is 11.2 Å². The number of benzene rings is 5. The molecule has 0 amide bonds. The molecular weight excluding hydrogens is 456 g/mol. The van der Waals surface area contributed by atoms with Crippen LogP contribution in [0.25, 0.3) is 43.8 Å². The molecule has 6 rings (SSSR count). The van der Waals surface area contributed by atoms with E-state index in [2.05, 4.69) is 60.7 Å². The number of hydrogen-bond acceptors (Lipinski definition) is 3. The highest BCUT2D eigenvalue weighted by molar-refractivity contribution is 6.20. The van der Waals surface area contributed by atoms with Gasteiger partial charge in [0.2, 0.25) is 0 Å². The Balaban J connectivity index is 1.81. The van der Waals surface area contributed by atoms with E-state index in [0.717, 1.165) is 54.9 Å². The summed E-state index contributed by atoms with van der Waals surface area (Å²) >= 11 is 0. The lowest BCUT2D eigenvalue weighted by atomic mass is 9.80. The molecule has 37 heavy (non-hydrogen) atoms. The van der Waals surface area contributed by atoms with Crippen molar-refractivity contribution >= 4 is 33.3 Å². The van der Waals surface area contributed by atoms with E-state index < -0.39 is 11.4 Å². The minimum absolute atomic E-state index is 0.144. The van der Waals surface area contributed by atoms with Crippen molar-refractivity contribution in [3.63, 3.8) is 0 Å². The van der Waals surface area contributed by atoms with Crippen molar-refractivity contribution in [3.05, 3.63) is 108 Å². The van der Waals surface area contributed by atoms with Gasteiger partial charge in [0.25, 0.3) is 0 Å². The number of Topliss-reactive ketones (excluding diaryl/α,β-unsaturated/α-hetero) is 1. The van der Waals surface area contributed by atoms with Crippen LogP contribution in [0.2, 0.25) is 0 Å². The Kier molecular flexibility index (Phi) is 5.64. The summed E-state index contributed by atoms with van der Waals surface area (Å²) < 4.78 is 5.52. The quantitative estimate of drug-likeness (QED) is 0.147. The van der Waals surface area contributed by atoms with Crippen molar-refractivity contribution in [1.29, 1.82) is 0 Å². The molecule has 1 aliphatic rings. The molecule has 0 saturated heterocycles. The Morgan fingerprint density at radius 2 is 1.27 bits per heavy atom. The number of fused-ring (bicyclic) bond motifs is 4. The second-order valence-corrected chi connectivity index (χ2v) is 9.86. The van der Waals surface area contributed by atoms with Crippen molar-refractivity contribution in [3.8, 4) is 22.3 Å². The first-order chi connectivity index (χ1) is 18.0. The molecule has 0 heterocycles. The molecule has 0 spiro atoms. The number of hydrogen-bond donors (Lipinski definition) is 0. The van der Waals surface area contributed by atoms with Crippen LogP contribution < -0.4 is 0 Å². The SMILES string of the molecule is CCOC(=O)C1(C(C)=O)Cc2c(c(-c3ccccc3)c3c(ccc4ccccc43)c2-c2ccccc2)C1. The summed E-state index contributed by atoms with van der Waals surface area (Å²) in [4.78, 5) is 26.7. The highest BCUT2D eigenvalue weighted by Crippen LogP contribution is 2.52. The maximum absolute atomic E-state index is 13.4. The van der Waals surface area contributed by atoms with Crippen LogP contribution in [0.1, 0.15) is 25.0 Å². The van der Waals surface area contributed by atoms with Crippen molar-refractivity contribution in [2.45, 2.75) is 26.7 Å². The molecule has 1 aliphatic carbocycles. The largest absolute Gasteiger partial charge is 0.465 e. The van der Waals surface area contributed by atoms with E-state index in [1.54, 1.807) is 6.92 Å². The van der Waals surface area contributed by atoms with E-state index >= 15 is 0 Å². The predicted octanol–water partition coefficient (Wildman–Crippen LogP) is 7.56. The van der Waals surface area contributed by atoms with Crippen LogP contribution in [0.3, 0.4) is 0 Å². The molecule has 1 unspecified atom stereocenters. The van der Waals surface area contributed by atoms with Crippen LogP contribution >= 0.6 is 0 Å². The lowest BCUT2D eigenvalue weighted by Crippen LogP contribution is -2.40. The number of ketones is 1. The fourth-order valence-corrected chi connectivity index (χ4v) is 6.08. The van der Waals surface area contributed by atoms with Gasteiger partial charge in [0, 0.05) is 0 Å². The van der Waals surface area contributed by atoms with Crippen LogP contribution in [0.15, 0.2) is 97.1 Å². The van der Waals surface area contributed by atoms with Gasteiger partial charge in [-0.1, -0.05) is 97.1 Å². The van der Waals surface area contributed by atoms with E-state index in [1.165, 1.54) is 6.92 Å². The van der Waals surface area contributed by atoms with Gasteiger partial charge in [-0.2, -0.15) is 0 Å².